The summed E-state index contributed by atoms with van der Waals surface area (Å²) < 4.78 is 26.6. The summed E-state index contributed by atoms with van der Waals surface area (Å²) in [6, 6.07) is 3.08. The Morgan fingerprint density at radius 3 is 2.37 bits per heavy atom. The molecule has 1 rings (SSSR count). The summed E-state index contributed by atoms with van der Waals surface area (Å²) in [4.78, 5) is 24.3. The standard InChI is InChI=1S/C12H14F2N2O3/c1-2-16(6-7-17)12(19)11(18)15-10-8(13)4-3-5-9(10)14/h3-5,17H,2,6-7H2,1H3,(H,15,18). The summed E-state index contributed by atoms with van der Waals surface area (Å²) in [7, 11) is 0. The second-order valence-corrected chi connectivity index (χ2v) is 3.66. The van der Waals surface area contributed by atoms with Crippen LogP contribution in [0.15, 0.2) is 18.2 Å². The highest BCUT2D eigenvalue weighted by Gasteiger charge is 2.22. The first-order chi connectivity index (χ1) is 9.01. The number of rotatable bonds is 4. The Hall–Kier alpha value is -2.02. The summed E-state index contributed by atoms with van der Waals surface area (Å²) in [6.45, 7) is 1.49. The lowest BCUT2D eigenvalue weighted by molar-refractivity contribution is -0.143. The highest BCUT2D eigenvalue weighted by Crippen LogP contribution is 2.17. The van der Waals surface area contributed by atoms with Gasteiger partial charge in [-0.3, -0.25) is 9.59 Å². The van der Waals surface area contributed by atoms with Crippen molar-refractivity contribution < 1.29 is 23.5 Å². The van der Waals surface area contributed by atoms with E-state index in [1.807, 2.05) is 5.32 Å². The minimum absolute atomic E-state index is 0.0253. The van der Waals surface area contributed by atoms with Gasteiger partial charge >= 0.3 is 11.8 Å². The van der Waals surface area contributed by atoms with Gasteiger partial charge < -0.3 is 15.3 Å². The summed E-state index contributed by atoms with van der Waals surface area (Å²) in [5, 5.41) is 10.6. The Labute approximate surface area is 108 Å². The summed E-state index contributed by atoms with van der Waals surface area (Å²) in [5.41, 5.74) is -0.666. The predicted molar refractivity (Wildman–Crippen MR) is 64.3 cm³/mol. The molecule has 2 amide bonds. The van der Waals surface area contributed by atoms with Crippen molar-refractivity contribution in [3.05, 3.63) is 29.8 Å². The van der Waals surface area contributed by atoms with Gasteiger partial charge in [0.05, 0.1) is 6.61 Å². The molecule has 5 nitrogen and oxygen atoms in total. The maximum Gasteiger partial charge on any atom is 0.314 e. The van der Waals surface area contributed by atoms with Crippen LogP contribution in [0.1, 0.15) is 6.92 Å². The number of benzene rings is 1. The van der Waals surface area contributed by atoms with E-state index in [-0.39, 0.29) is 19.7 Å². The lowest BCUT2D eigenvalue weighted by atomic mass is 10.3. The van der Waals surface area contributed by atoms with Crippen molar-refractivity contribution in [3.63, 3.8) is 0 Å². The number of likely N-dealkylation sites (N-methyl/N-ethyl adjacent to an activating group) is 1. The van der Waals surface area contributed by atoms with Crippen LogP contribution in [0.25, 0.3) is 0 Å². The number of aliphatic hydroxyl groups is 1. The highest BCUT2D eigenvalue weighted by atomic mass is 19.1. The Morgan fingerprint density at radius 2 is 1.89 bits per heavy atom. The van der Waals surface area contributed by atoms with E-state index in [0.29, 0.717) is 0 Å². The number of carbonyl (C=O) groups is 2. The minimum Gasteiger partial charge on any atom is -0.395 e. The van der Waals surface area contributed by atoms with Crippen molar-refractivity contribution in [2.75, 3.05) is 25.0 Å². The second-order valence-electron chi connectivity index (χ2n) is 3.66. The van der Waals surface area contributed by atoms with E-state index in [2.05, 4.69) is 0 Å². The fraction of sp³-hybridized carbons (Fsp3) is 0.333. The molecule has 0 saturated heterocycles. The predicted octanol–water partition coefficient (Wildman–Crippen LogP) is 0.744. The number of hydrogen-bond donors (Lipinski definition) is 2. The number of carbonyl (C=O) groups excluding carboxylic acids is 2. The molecule has 104 valence electrons. The molecule has 0 aliphatic carbocycles. The zero-order valence-electron chi connectivity index (χ0n) is 10.3. The number of anilines is 1. The van der Waals surface area contributed by atoms with Gasteiger partial charge in [0, 0.05) is 13.1 Å². The third kappa shape index (κ3) is 3.72. The summed E-state index contributed by atoms with van der Waals surface area (Å²) in [6.07, 6.45) is 0. The zero-order valence-corrected chi connectivity index (χ0v) is 10.3. The zero-order chi connectivity index (χ0) is 14.4. The molecule has 7 heteroatoms. The molecule has 0 aromatic heterocycles. The minimum atomic E-state index is -1.15. The number of para-hydroxylation sites is 1. The van der Waals surface area contributed by atoms with Crippen LogP contribution in [-0.2, 0) is 9.59 Å². The number of aliphatic hydroxyl groups excluding tert-OH is 1. The first kappa shape index (κ1) is 15.0. The van der Waals surface area contributed by atoms with Crippen LogP contribution in [0.4, 0.5) is 14.5 Å². The Kier molecular flexibility index (Phi) is 5.37. The lowest BCUT2D eigenvalue weighted by Gasteiger charge is -2.18. The smallest absolute Gasteiger partial charge is 0.314 e. The molecule has 0 aliphatic heterocycles. The maximum atomic E-state index is 13.3. The van der Waals surface area contributed by atoms with Crippen molar-refractivity contribution in [1.82, 2.24) is 4.90 Å². The summed E-state index contributed by atoms with van der Waals surface area (Å²) >= 11 is 0. The van der Waals surface area contributed by atoms with E-state index >= 15 is 0 Å². The van der Waals surface area contributed by atoms with Crippen molar-refractivity contribution in [2.24, 2.45) is 0 Å². The molecule has 0 atom stereocenters. The molecule has 0 heterocycles. The van der Waals surface area contributed by atoms with E-state index < -0.39 is 29.1 Å². The van der Waals surface area contributed by atoms with Crippen LogP contribution in [0, 0.1) is 11.6 Å². The van der Waals surface area contributed by atoms with Crippen molar-refractivity contribution in [3.8, 4) is 0 Å². The van der Waals surface area contributed by atoms with Crippen LogP contribution in [-0.4, -0.2) is 41.5 Å². The second kappa shape index (κ2) is 6.79. The van der Waals surface area contributed by atoms with Crippen molar-refractivity contribution in [2.45, 2.75) is 6.92 Å². The number of nitrogens with zero attached hydrogens (tertiary/aromatic N) is 1. The van der Waals surface area contributed by atoms with Crippen LogP contribution in [0.3, 0.4) is 0 Å². The largest absolute Gasteiger partial charge is 0.395 e. The molecule has 1 aromatic carbocycles. The molecule has 0 fully saturated rings. The van der Waals surface area contributed by atoms with E-state index in [4.69, 9.17) is 5.11 Å². The third-order valence-electron chi connectivity index (χ3n) is 2.43. The van der Waals surface area contributed by atoms with Crippen molar-refractivity contribution in [1.29, 1.82) is 0 Å². The number of amides is 2. The van der Waals surface area contributed by atoms with E-state index in [1.54, 1.807) is 6.92 Å². The van der Waals surface area contributed by atoms with Crippen LogP contribution >= 0.6 is 0 Å². The average Bonchev–Trinajstić information content (AvgIpc) is 2.39. The SMILES string of the molecule is CCN(CCO)C(=O)C(=O)Nc1c(F)cccc1F. The van der Waals surface area contributed by atoms with Crippen LogP contribution < -0.4 is 5.32 Å². The molecule has 19 heavy (non-hydrogen) atoms. The third-order valence-corrected chi connectivity index (χ3v) is 2.43. The molecule has 0 aliphatic rings. The number of hydrogen-bond acceptors (Lipinski definition) is 3. The molecule has 0 saturated carbocycles. The van der Waals surface area contributed by atoms with Gasteiger partial charge in [0.1, 0.15) is 17.3 Å². The van der Waals surface area contributed by atoms with Gasteiger partial charge in [-0.1, -0.05) is 6.07 Å². The molecular weight excluding hydrogens is 258 g/mol. The van der Waals surface area contributed by atoms with Gasteiger partial charge in [-0.15, -0.1) is 0 Å². The number of nitrogens with one attached hydrogen (secondary N) is 1. The average molecular weight is 272 g/mol. The quantitative estimate of drug-likeness (QED) is 0.794. The molecule has 0 radical (unpaired) electrons. The first-order valence-electron chi connectivity index (χ1n) is 5.66. The summed E-state index contributed by atoms with van der Waals surface area (Å²) in [5.74, 6) is -4.05. The van der Waals surface area contributed by atoms with Gasteiger partial charge in [0.15, 0.2) is 0 Å². The molecule has 1 aromatic rings. The van der Waals surface area contributed by atoms with Gasteiger partial charge in [0.25, 0.3) is 0 Å². The highest BCUT2D eigenvalue weighted by molar-refractivity contribution is 6.39. The molecule has 2 N–H and O–H groups in total. The molecule has 0 unspecified atom stereocenters. The van der Waals surface area contributed by atoms with Gasteiger partial charge in [-0.2, -0.15) is 0 Å². The van der Waals surface area contributed by atoms with E-state index in [9.17, 15) is 18.4 Å². The fourth-order valence-corrected chi connectivity index (χ4v) is 1.45. The maximum absolute atomic E-state index is 13.3. The van der Waals surface area contributed by atoms with Gasteiger partial charge in [-0.05, 0) is 19.1 Å². The normalized spacial score (nSPS) is 10.1. The van der Waals surface area contributed by atoms with Crippen LogP contribution in [0.5, 0.6) is 0 Å². The molecular formula is C12H14F2N2O3. The van der Waals surface area contributed by atoms with Gasteiger partial charge in [0.2, 0.25) is 0 Å². The van der Waals surface area contributed by atoms with Crippen LogP contribution in [0.2, 0.25) is 0 Å². The fourth-order valence-electron chi connectivity index (χ4n) is 1.45. The van der Waals surface area contributed by atoms with Crippen molar-refractivity contribution >= 4 is 17.5 Å². The van der Waals surface area contributed by atoms with E-state index in [1.165, 1.54) is 0 Å². The molecule has 0 spiro atoms. The Bertz CT molecular complexity index is 460. The lowest BCUT2D eigenvalue weighted by Crippen LogP contribution is -2.41. The topological polar surface area (TPSA) is 69.6 Å². The first-order valence-corrected chi connectivity index (χ1v) is 5.66. The molecule has 0 bridgehead atoms. The van der Waals surface area contributed by atoms with E-state index in [0.717, 1.165) is 23.1 Å². The number of halogens is 2. The Balaban J connectivity index is 2.82. The Morgan fingerprint density at radius 1 is 1.32 bits per heavy atom. The monoisotopic (exact) mass is 272 g/mol. The van der Waals surface area contributed by atoms with Gasteiger partial charge in [-0.25, -0.2) is 8.78 Å².